The summed E-state index contributed by atoms with van der Waals surface area (Å²) in [6, 6.07) is 12.4. The van der Waals surface area contributed by atoms with Crippen LogP contribution in [0.1, 0.15) is 21.5 Å². The first-order chi connectivity index (χ1) is 12.4. The number of nitrogens with one attached hydrogen (secondary N) is 2. The van der Waals surface area contributed by atoms with Gasteiger partial charge in [0.15, 0.2) is 11.6 Å². The first-order valence-electron chi connectivity index (χ1n) is 7.99. The molecule has 0 aliphatic heterocycles. The van der Waals surface area contributed by atoms with Crippen molar-refractivity contribution in [2.75, 3.05) is 10.6 Å². The van der Waals surface area contributed by atoms with Crippen LogP contribution in [0.2, 0.25) is 0 Å². The van der Waals surface area contributed by atoms with Crippen LogP contribution in [-0.2, 0) is 0 Å². The minimum absolute atomic E-state index is 0.0291. The summed E-state index contributed by atoms with van der Waals surface area (Å²) in [5.74, 6) is -1.97. The Morgan fingerprint density at radius 1 is 0.962 bits per heavy atom. The zero-order chi connectivity index (χ0) is 18.7. The van der Waals surface area contributed by atoms with Crippen LogP contribution in [0.5, 0.6) is 0 Å². The highest BCUT2D eigenvalue weighted by Gasteiger charge is 2.10. The Labute approximate surface area is 149 Å². The van der Waals surface area contributed by atoms with Gasteiger partial charge in [0, 0.05) is 11.3 Å². The van der Waals surface area contributed by atoms with Gasteiger partial charge in [-0.3, -0.25) is 4.79 Å². The Morgan fingerprint density at radius 3 is 2.42 bits per heavy atom. The maximum atomic E-state index is 13.2. The molecular formula is C20H17F2N3O. The number of aryl methyl sites for hydroxylation is 2. The van der Waals surface area contributed by atoms with Gasteiger partial charge in [0.05, 0.1) is 11.9 Å². The summed E-state index contributed by atoms with van der Waals surface area (Å²) in [5, 5.41) is 5.81. The molecular weight excluding hydrogens is 336 g/mol. The monoisotopic (exact) mass is 353 g/mol. The summed E-state index contributed by atoms with van der Waals surface area (Å²) in [6.45, 7) is 4.03. The number of carbonyl (C=O) groups is 1. The van der Waals surface area contributed by atoms with Crippen LogP contribution in [-0.4, -0.2) is 10.9 Å². The van der Waals surface area contributed by atoms with Crippen LogP contribution in [0.15, 0.2) is 54.7 Å². The van der Waals surface area contributed by atoms with Crippen molar-refractivity contribution in [3.05, 3.63) is 83.1 Å². The molecule has 2 aromatic carbocycles. The van der Waals surface area contributed by atoms with Gasteiger partial charge in [0.25, 0.3) is 5.91 Å². The van der Waals surface area contributed by atoms with Gasteiger partial charge in [-0.05, 0) is 55.8 Å². The lowest BCUT2D eigenvalue weighted by molar-refractivity contribution is 0.102. The molecule has 1 amide bonds. The predicted octanol–water partition coefficient (Wildman–Crippen LogP) is 4.97. The van der Waals surface area contributed by atoms with E-state index < -0.39 is 17.5 Å². The molecule has 3 aromatic rings. The molecule has 0 aliphatic carbocycles. The molecule has 1 aromatic heterocycles. The lowest BCUT2D eigenvalue weighted by Crippen LogP contribution is -2.12. The molecule has 4 nitrogen and oxygen atoms in total. The van der Waals surface area contributed by atoms with Gasteiger partial charge in [-0.1, -0.05) is 17.7 Å². The van der Waals surface area contributed by atoms with Crippen molar-refractivity contribution in [2.45, 2.75) is 13.8 Å². The van der Waals surface area contributed by atoms with Crippen molar-refractivity contribution < 1.29 is 13.6 Å². The first-order valence-corrected chi connectivity index (χ1v) is 7.99. The summed E-state index contributed by atoms with van der Waals surface area (Å²) >= 11 is 0. The molecule has 26 heavy (non-hydrogen) atoms. The van der Waals surface area contributed by atoms with E-state index in [1.165, 1.54) is 17.8 Å². The van der Waals surface area contributed by atoms with Crippen LogP contribution in [0.3, 0.4) is 0 Å². The maximum Gasteiger partial charge on any atom is 0.255 e. The van der Waals surface area contributed by atoms with Gasteiger partial charge in [-0.25, -0.2) is 13.8 Å². The number of aromatic nitrogens is 1. The van der Waals surface area contributed by atoms with Gasteiger partial charge < -0.3 is 10.6 Å². The lowest BCUT2D eigenvalue weighted by Gasteiger charge is -2.10. The number of rotatable bonds is 4. The summed E-state index contributed by atoms with van der Waals surface area (Å²) in [6.07, 6.45) is 1.49. The molecule has 132 valence electrons. The number of nitrogens with zero attached hydrogens (tertiary/aromatic N) is 1. The number of halogens is 2. The normalized spacial score (nSPS) is 10.5. The highest BCUT2D eigenvalue weighted by Crippen LogP contribution is 2.21. The van der Waals surface area contributed by atoms with Crippen molar-refractivity contribution in [3.63, 3.8) is 0 Å². The molecule has 1 heterocycles. The van der Waals surface area contributed by atoms with E-state index in [0.29, 0.717) is 11.5 Å². The second-order valence-electron chi connectivity index (χ2n) is 5.96. The summed E-state index contributed by atoms with van der Waals surface area (Å²) in [4.78, 5) is 16.3. The summed E-state index contributed by atoms with van der Waals surface area (Å²) < 4.78 is 26.2. The molecule has 6 heteroatoms. The van der Waals surface area contributed by atoms with Crippen molar-refractivity contribution in [1.29, 1.82) is 0 Å². The zero-order valence-electron chi connectivity index (χ0n) is 14.3. The third-order valence-corrected chi connectivity index (χ3v) is 3.85. The molecule has 0 atom stereocenters. The van der Waals surface area contributed by atoms with Crippen LogP contribution in [0.4, 0.5) is 26.0 Å². The molecule has 0 radical (unpaired) electrons. The highest BCUT2D eigenvalue weighted by molar-refractivity contribution is 6.04. The quantitative estimate of drug-likeness (QED) is 0.696. The smallest absolute Gasteiger partial charge is 0.255 e. The fraction of sp³-hybridized carbons (Fsp3) is 0.100. The van der Waals surface area contributed by atoms with Gasteiger partial charge in [-0.2, -0.15) is 0 Å². The summed E-state index contributed by atoms with van der Waals surface area (Å²) in [7, 11) is 0. The first kappa shape index (κ1) is 17.5. The minimum atomic E-state index is -1.07. The van der Waals surface area contributed by atoms with Gasteiger partial charge >= 0.3 is 0 Å². The molecule has 0 fully saturated rings. The largest absolute Gasteiger partial charge is 0.340 e. The second-order valence-corrected chi connectivity index (χ2v) is 5.96. The van der Waals surface area contributed by atoms with Crippen molar-refractivity contribution in [3.8, 4) is 0 Å². The number of hydrogen-bond acceptors (Lipinski definition) is 3. The molecule has 2 N–H and O–H groups in total. The lowest BCUT2D eigenvalue weighted by atomic mass is 10.1. The average molecular weight is 353 g/mol. The topological polar surface area (TPSA) is 54.0 Å². The molecule has 0 unspecified atom stereocenters. The van der Waals surface area contributed by atoms with E-state index in [4.69, 9.17) is 0 Å². The van der Waals surface area contributed by atoms with Crippen LogP contribution in [0, 0.1) is 25.5 Å². The third-order valence-electron chi connectivity index (χ3n) is 3.85. The highest BCUT2D eigenvalue weighted by atomic mass is 19.2. The number of benzene rings is 2. The Bertz CT molecular complexity index is 956. The number of amides is 1. The van der Waals surface area contributed by atoms with Gasteiger partial charge in [0.1, 0.15) is 5.82 Å². The Morgan fingerprint density at radius 2 is 1.77 bits per heavy atom. The van der Waals surface area contributed by atoms with Crippen molar-refractivity contribution in [1.82, 2.24) is 4.98 Å². The third kappa shape index (κ3) is 4.03. The van der Waals surface area contributed by atoms with Gasteiger partial charge in [0.2, 0.25) is 0 Å². The number of pyridine rings is 1. The van der Waals surface area contributed by atoms with E-state index in [2.05, 4.69) is 21.7 Å². The molecule has 0 bridgehead atoms. The minimum Gasteiger partial charge on any atom is -0.340 e. The predicted molar refractivity (Wildman–Crippen MR) is 97.7 cm³/mol. The van der Waals surface area contributed by atoms with Crippen molar-refractivity contribution in [2.24, 2.45) is 0 Å². The van der Waals surface area contributed by atoms with E-state index in [-0.39, 0.29) is 5.56 Å². The standard InChI is InChI=1S/C20H17F2N3O/c1-12-3-7-18(13(2)9-12)25-19-8-5-15(11-23-19)24-20(26)14-4-6-16(21)17(22)10-14/h3-11H,1-2H3,(H,23,25)(H,24,26). The zero-order valence-corrected chi connectivity index (χ0v) is 14.3. The van der Waals surface area contributed by atoms with E-state index in [9.17, 15) is 13.6 Å². The van der Waals surface area contributed by atoms with Crippen LogP contribution >= 0.6 is 0 Å². The fourth-order valence-electron chi connectivity index (χ4n) is 2.47. The fourth-order valence-corrected chi connectivity index (χ4v) is 2.47. The number of anilines is 3. The molecule has 0 spiro atoms. The molecule has 0 aliphatic rings. The Hall–Kier alpha value is -3.28. The van der Waals surface area contributed by atoms with Crippen molar-refractivity contribution >= 4 is 23.1 Å². The SMILES string of the molecule is Cc1ccc(Nc2ccc(NC(=O)c3ccc(F)c(F)c3)cn2)c(C)c1. The Balaban J connectivity index is 1.69. The Kier molecular flexibility index (Phi) is 4.93. The number of carbonyl (C=O) groups excluding carboxylic acids is 1. The number of hydrogen-bond donors (Lipinski definition) is 2. The average Bonchev–Trinajstić information content (AvgIpc) is 2.61. The van der Waals surface area contributed by atoms with Crippen LogP contribution < -0.4 is 10.6 Å². The molecule has 3 rings (SSSR count). The van der Waals surface area contributed by atoms with E-state index >= 15 is 0 Å². The van der Waals surface area contributed by atoms with E-state index in [0.717, 1.165) is 23.4 Å². The van der Waals surface area contributed by atoms with Gasteiger partial charge in [-0.15, -0.1) is 0 Å². The van der Waals surface area contributed by atoms with E-state index in [1.807, 2.05) is 26.0 Å². The summed E-state index contributed by atoms with van der Waals surface area (Å²) in [5.41, 5.74) is 3.70. The van der Waals surface area contributed by atoms with Crippen LogP contribution in [0.25, 0.3) is 0 Å². The maximum absolute atomic E-state index is 13.2. The van der Waals surface area contributed by atoms with E-state index in [1.54, 1.807) is 12.1 Å². The second kappa shape index (κ2) is 7.31. The molecule has 0 saturated heterocycles. The molecule has 0 saturated carbocycles.